The Kier molecular flexibility index (Phi) is 4.13. The van der Waals surface area contributed by atoms with Crippen LogP contribution in [0.25, 0.3) is 0 Å². The molecule has 0 spiro atoms. The number of nitrogens with one attached hydrogen (secondary N) is 1. The molecule has 0 unspecified atom stereocenters. The number of ether oxygens (including phenoxy) is 1. The lowest BCUT2D eigenvalue weighted by atomic mass is 10.0. The molecule has 2 rings (SSSR count). The fourth-order valence-corrected chi connectivity index (χ4v) is 2.64. The summed E-state index contributed by atoms with van der Waals surface area (Å²) in [5.74, 6) is 0. The Labute approximate surface area is 124 Å². The average molecular weight is 297 g/mol. The van der Waals surface area contributed by atoms with Crippen molar-refractivity contribution in [2.45, 2.75) is 45.4 Å². The van der Waals surface area contributed by atoms with Gasteiger partial charge in [0.15, 0.2) is 0 Å². The van der Waals surface area contributed by atoms with E-state index >= 15 is 0 Å². The van der Waals surface area contributed by atoms with Crippen molar-refractivity contribution in [3.63, 3.8) is 0 Å². The summed E-state index contributed by atoms with van der Waals surface area (Å²) < 4.78 is 5.20. The minimum atomic E-state index is -0.539. The van der Waals surface area contributed by atoms with Crippen molar-refractivity contribution in [1.82, 2.24) is 15.3 Å². The maximum absolute atomic E-state index is 12.2. The second-order valence-electron chi connectivity index (χ2n) is 6.32. The van der Waals surface area contributed by atoms with Gasteiger partial charge in [-0.15, -0.1) is 0 Å². The zero-order valence-corrected chi connectivity index (χ0v) is 13.2. The first-order valence-electron chi connectivity index (χ1n) is 7.02. The molecule has 2 bridgehead atoms. The Hall–Kier alpha value is -1.76. The highest BCUT2D eigenvalue weighted by atomic mass is 16.7. The fourth-order valence-electron chi connectivity index (χ4n) is 2.64. The zero-order chi connectivity index (χ0) is 15.8. The summed E-state index contributed by atoms with van der Waals surface area (Å²) in [6.45, 7) is 8.28. The quantitative estimate of drug-likeness (QED) is 0.802. The summed E-state index contributed by atoms with van der Waals surface area (Å²) in [4.78, 5) is 30.7. The van der Waals surface area contributed by atoms with E-state index in [1.54, 1.807) is 4.90 Å². The van der Waals surface area contributed by atoms with Gasteiger partial charge in [0, 0.05) is 13.1 Å². The first-order chi connectivity index (χ1) is 9.73. The highest BCUT2D eigenvalue weighted by Gasteiger charge is 2.44. The normalized spacial score (nSPS) is 25.0. The van der Waals surface area contributed by atoms with Crippen molar-refractivity contribution in [3.8, 4) is 0 Å². The molecular weight excluding hydrogens is 274 g/mol. The molecule has 2 aliphatic rings. The highest BCUT2D eigenvalue weighted by Crippen LogP contribution is 2.28. The molecule has 0 radical (unpaired) electrons. The lowest BCUT2D eigenvalue weighted by Gasteiger charge is -2.30. The number of nitrogens with zero attached hydrogens (tertiary/aromatic N) is 2. The van der Waals surface area contributed by atoms with Crippen LogP contribution in [0.15, 0.2) is 11.6 Å². The number of alkyl carbamates (subject to hydrolysis) is 1. The number of fused-ring (bicyclic) bond motifs is 2. The Balaban J connectivity index is 1.98. The van der Waals surface area contributed by atoms with E-state index in [1.165, 1.54) is 12.2 Å². The van der Waals surface area contributed by atoms with Crippen LogP contribution < -0.4 is 5.32 Å². The monoisotopic (exact) mass is 297 g/mol. The van der Waals surface area contributed by atoms with Crippen LogP contribution >= 0.6 is 0 Å². The van der Waals surface area contributed by atoms with Crippen molar-refractivity contribution >= 4 is 12.1 Å². The number of urea groups is 1. The van der Waals surface area contributed by atoms with Crippen LogP contribution in [0.5, 0.6) is 0 Å². The number of hydrogen-bond donors (Lipinski definition) is 1. The predicted molar refractivity (Wildman–Crippen MR) is 76.5 cm³/mol. The largest absolute Gasteiger partial charge is 0.444 e. The number of amides is 3. The van der Waals surface area contributed by atoms with Gasteiger partial charge in [0.1, 0.15) is 5.60 Å². The van der Waals surface area contributed by atoms with E-state index < -0.39 is 11.7 Å². The van der Waals surface area contributed by atoms with E-state index in [9.17, 15) is 9.59 Å². The number of rotatable bonds is 3. The average Bonchev–Trinajstić information content (AvgIpc) is 2.59. The molecule has 0 saturated carbocycles. The van der Waals surface area contributed by atoms with Crippen LogP contribution in [0.1, 0.15) is 27.7 Å². The van der Waals surface area contributed by atoms with E-state index in [-0.39, 0.29) is 18.1 Å². The maximum Gasteiger partial charge on any atom is 0.407 e. The molecule has 2 atom stereocenters. The second kappa shape index (κ2) is 5.55. The molecular formula is C14H23N3O4. The van der Waals surface area contributed by atoms with Gasteiger partial charge in [-0.25, -0.2) is 9.59 Å². The Morgan fingerprint density at radius 3 is 2.71 bits per heavy atom. The topological polar surface area (TPSA) is 71.1 Å². The fraction of sp³-hybridized carbons (Fsp3) is 0.714. The van der Waals surface area contributed by atoms with Gasteiger partial charge < -0.3 is 15.0 Å². The van der Waals surface area contributed by atoms with Gasteiger partial charge in [-0.3, -0.25) is 4.84 Å². The molecule has 3 amide bonds. The molecule has 2 heterocycles. The number of hydrogen-bond acceptors (Lipinski definition) is 4. The van der Waals surface area contributed by atoms with Crippen LogP contribution in [-0.4, -0.2) is 60.0 Å². The molecule has 2 aliphatic heterocycles. The van der Waals surface area contributed by atoms with E-state index in [2.05, 4.69) is 5.32 Å². The molecule has 0 aromatic carbocycles. The summed E-state index contributed by atoms with van der Waals surface area (Å²) in [6.07, 6.45) is 1.53. The Morgan fingerprint density at radius 1 is 1.48 bits per heavy atom. The molecule has 1 saturated heterocycles. The molecule has 118 valence electrons. The first kappa shape index (κ1) is 15.6. The lowest BCUT2D eigenvalue weighted by molar-refractivity contribution is -0.0887. The lowest BCUT2D eigenvalue weighted by Crippen LogP contribution is -2.48. The van der Waals surface area contributed by atoms with Gasteiger partial charge in [0.05, 0.1) is 19.2 Å². The van der Waals surface area contributed by atoms with Crippen molar-refractivity contribution in [2.24, 2.45) is 0 Å². The first-order valence-corrected chi connectivity index (χ1v) is 7.02. The summed E-state index contributed by atoms with van der Waals surface area (Å²) in [5.41, 5.74) is 0.498. The van der Waals surface area contributed by atoms with E-state index in [1.807, 2.05) is 33.8 Å². The van der Waals surface area contributed by atoms with E-state index in [0.29, 0.717) is 13.1 Å². The zero-order valence-electron chi connectivity index (χ0n) is 13.2. The third-order valence-electron chi connectivity index (χ3n) is 3.51. The van der Waals surface area contributed by atoms with Gasteiger partial charge in [0.25, 0.3) is 0 Å². The van der Waals surface area contributed by atoms with Gasteiger partial charge in [-0.1, -0.05) is 11.6 Å². The smallest absolute Gasteiger partial charge is 0.407 e. The van der Waals surface area contributed by atoms with Crippen LogP contribution in [0.4, 0.5) is 9.59 Å². The number of carbonyl (C=O) groups is 2. The van der Waals surface area contributed by atoms with E-state index in [0.717, 1.165) is 5.57 Å². The van der Waals surface area contributed by atoms with Crippen molar-refractivity contribution in [1.29, 1.82) is 0 Å². The summed E-state index contributed by atoms with van der Waals surface area (Å²) >= 11 is 0. The SMILES string of the molecule is CON1C(=O)N2C[C@@H]1C=C(C)[C@H]2CNC(=O)OC(C)(C)C. The molecule has 7 heteroatoms. The third-order valence-corrected chi connectivity index (χ3v) is 3.51. The highest BCUT2D eigenvalue weighted by molar-refractivity contribution is 5.78. The van der Waals surface area contributed by atoms with Crippen LogP contribution in [0.2, 0.25) is 0 Å². The summed E-state index contributed by atoms with van der Waals surface area (Å²) in [6, 6.07) is -0.395. The molecule has 7 nitrogen and oxygen atoms in total. The summed E-state index contributed by atoms with van der Waals surface area (Å²) in [7, 11) is 1.48. The molecule has 21 heavy (non-hydrogen) atoms. The minimum Gasteiger partial charge on any atom is -0.444 e. The maximum atomic E-state index is 12.2. The van der Waals surface area contributed by atoms with Crippen LogP contribution in [0, 0.1) is 0 Å². The van der Waals surface area contributed by atoms with Gasteiger partial charge >= 0.3 is 12.1 Å². The molecule has 1 fully saturated rings. The minimum absolute atomic E-state index is 0.0553. The predicted octanol–water partition coefficient (Wildman–Crippen LogP) is 1.51. The molecule has 0 aromatic rings. The molecule has 0 aromatic heterocycles. The van der Waals surface area contributed by atoms with Crippen molar-refractivity contribution < 1.29 is 19.2 Å². The number of hydroxylamine groups is 2. The Bertz CT molecular complexity index is 469. The van der Waals surface area contributed by atoms with Gasteiger partial charge in [0.2, 0.25) is 0 Å². The summed E-state index contributed by atoms with van der Waals surface area (Å²) in [5, 5.41) is 4.08. The molecule has 1 N–H and O–H groups in total. The second-order valence-corrected chi connectivity index (χ2v) is 6.32. The van der Waals surface area contributed by atoms with Crippen LogP contribution in [0.3, 0.4) is 0 Å². The number of carbonyl (C=O) groups excluding carboxylic acids is 2. The van der Waals surface area contributed by atoms with Crippen molar-refractivity contribution in [3.05, 3.63) is 11.6 Å². The molecule has 0 aliphatic carbocycles. The van der Waals surface area contributed by atoms with Gasteiger partial charge in [-0.2, -0.15) is 5.06 Å². The standard InChI is InChI=1S/C14H23N3O4/c1-9-6-10-8-16(13(19)17(10)20-5)11(9)7-15-12(18)21-14(2,3)4/h6,10-11H,7-8H2,1-5H3,(H,15,18)/t10-,11+/m0/s1. The van der Waals surface area contributed by atoms with Crippen molar-refractivity contribution in [2.75, 3.05) is 20.2 Å². The third kappa shape index (κ3) is 3.29. The Morgan fingerprint density at radius 2 is 2.14 bits per heavy atom. The van der Waals surface area contributed by atoms with E-state index in [4.69, 9.17) is 9.57 Å². The van der Waals surface area contributed by atoms with Gasteiger partial charge in [-0.05, 0) is 27.7 Å². The van der Waals surface area contributed by atoms with Crippen LogP contribution in [-0.2, 0) is 9.57 Å².